The van der Waals surface area contributed by atoms with E-state index in [1.54, 1.807) is 13.4 Å². The van der Waals surface area contributed by atoms with Crippen LogP contribution in [0, 0.1) is 0 Å². The summed E-state index contributed by atoms with van der Waals surface area (Å²) in [6, 6.07) is 12.0. The average Bonchev–Trinajstić information content (AvgIpc) is 3.41. The number of nitrogens with zero attached hydrogens (tertiary/aromatic N) is 3. The zero-order valence-corrected chi connectivity index (χ0v) is 20.8. The van der Waals surface area contributed by atoms with Gasteiger partial charge in [-0.3, -0.25) is 4.68 Å². The lowest BCUT2D eigenvalue weighted by atomic mass is 10.1. The van der Waals surface area contributed by atoms with Crippen LogP contribution in [0.1, 0.15) is 29.5 Å². The summed E-state index contributed by atoms with van der Waals surface area (Å²) in [6.45, 7) is 4.24. The Kier molecular flexibility index (Phi) is 10.4. The first kappa shape index (κ1) is 24.8. The van der Waals surface area contributed by atoms with Crippen molar-refractivity contribution in [1.29, 1.82) is 0 Å². The highest BCUT2D eigenvalue weighted by Crippen LogP contribution is 2.11. The van der Waals surface area contributed by atoms with Crippen molar-refractivity contribution in [2.45, 2.75) is 32.7 Å². The van der Waals surface area contributed by atoms with Gasteiger partial charge in [0, 0.05) is 38.3 Å². The Labute approximate surface area is 201 Å². The lowest BCUT2D eigenvalue weighted by Crippen LogP contribution is -2.39. The van der Waals surface area contributed by atoms with Crippen LogP contribution in [0.4, 0.5) is 0 Å². The van der Waals surface area contributed by atoms with E-state index in [2.05, 4.69) is 34.8 Å². The zero-order chi connectivity index (χ0) is 21.2. The molecule has 0 saturated carbocycles. The maximum absolute atomic E-state index is 5.41. The molecular weight excluding hydrogens is 505 g/mol. The first-order valence-corrected chi connectivity index (χ1v) is 10.4. The molecule has 7 nitrogen and oxygen atoms in total. The summed E-state index contributed by atoms with van der Waals surface area (Å²) in [5.41, 5.74) is 3.50. The van der Waals surface area contributed by atoms with E-state index in [4.69, 9.17) is 14.1 Å². The summed E-state index contributed by atoms with van der Waals surface area (Å²) in [5.74, 6) is 2.62. The quantitative estimate of drug-likeness (QED) is 0.234. The minimum absolute atomic E-state index is 0. The van der Waals surface area contributed by atoms with Crippen molar-refractivity contribution in [3.8, 4) is 5.75 Å². The molecule has 0 aliphatic carbocycles. The maximum Gasteiger partial charge on any atom is 0.191 e. The SMILES string of the molecule is CCc1nn(C)cc1CN=C(NCCc1ccc(OC)cc1)NCCc1ccco1.I. The number of nitrogens with one attached hydrogen (secondary N) is 2. The van der Waals surface area contributed by atoms with Gasteiger partial charge in [-0.25, -0.2) is 4.99 Å². The number of rotatable bonds is 10. The van der Waals surface area contributed by atoms with Crippen molar-refractivity contribution in [3.63, 3.8) is 0 Å². The van der Waals surface area contributed by atoms with Gasteiger partial charge in [0.2, 0.25) is 0 Å². The van der Waals surface area contributed by atoms with Crippen LogP contribution in [0.5, 0.6) is 5.75 Å². The van der Waals surface area contributed by atoms with Gasteiger partial charge >= 0.3 is 0 Å². The van der Waals surface area contributed by atoms with Crippen molar-refractivity contribution in [2.24, 2.45) is 12.0 Å². The minimum atomic E-state index is 0. The third-order valence-electron chi connectivity index (χ3n) is 4.84. The monoisotopic (exact) mass is 537 g/mol. The van der Waals surface area contributed by atoms with E-state index in [1.165, 1.54) is 5.56 Å². The molecule has 2 aromatic heterocycles. The number of guanidine groups is 1. The van der Waals surface area contributed by atoms with Gasteiger partial charge in [-0.15, -0.1) is 24.0 Å². The zero-order valence-electron chi connectivity index (χ0n) is 18.4. The summed E-state index contributed by atoms with van der Waals surface area (Å²) < 4.78 is 12.5. The Balaban J connectivity index is 0.00000341. The maximum atomic E-state index is 5.41. The molecule has 1 aromatic carbocycles. The van der Waals surface area contributed by atoms with Crippen molar-refractivity contribution in [2.75, 3.05) is 20.2 Å². The Bertz CT molecular complexity index is 920. The molecule has 31 heavy (non-hydrogen) atoms. The van der Waals surface area contributed by atoms with Crippen molar-refractivity contribution < 1.29 is 9.15 Å². The van der Waals surface area contributed by atoms with Crippen LogP contribution in [-0.4, -0.2) is 35.9 Å². The number of benzene rings is 1. The minimum Gasteiger partial charge on any atom is -0.497 e. The number of hydrogen-bond donors (Lipinski definition) is 2. The van der Waals surface area contributed by atoms with Gasteiger partial charge in [-0.1, -0.05) is 19.1 Å². The van der Waals surface area contributed by atoms with Crippen LogP contribution in [0.3, 0.4) is 0 Å². The number of halogens is 1. The molecule has 0 radical (unpaired) electrons. The van der Waals surface area contributed by atoms with Gasteiger partial charge < -0.3 is 19.8 Å². The van der Waals surface area contributed by atoms with Crippen LogP contribution in [0.15, 0.2) is 58.3 Å². The van der Waals surface area contributed by atoms with E-state index in [0.717, 1.165) is 61.1 Å². The predicted molar refractivity (Wildman–Crippen MR) is 134 cm³/mol. The number of aliphatic imine (C=N–C) groups is 1. The highest BCUT2D eigenvalue weighted by Gasteiger charge is 2.06. The standard InChI is InChI=1S/C23H31N5O2.HI/c1-4-22-19(17-28(2)27-22)16-26-23(25-14-12-21-6-5-15-30-21)24-13-11-18-7-9-20(29-3)10-8-18;/h5-10,15,17H,4,11-14,16H2,1-3H3,(H2,24,25,26);1H. The molecule has 0 atom stereocenters. The normalized spacial score (nSPS) is 11.1. The molecule has 0 unspecified atom stereocenters. The number of hydrogen-bond acceptors (Lipinski definition) is 4. The van der Waals surface area contributed by atoms with E-state index in [0.29, 0.717) is 6.54 Å². The average molecular weight is 537 g/mol. The van der Waals surface area contributed by atoms with E-state index in [1.807, 2.05) is 42.2 Å². The Morgan fingerprint density at radius 1 is 1.13 bits per heavy atom. The van der Waals surface area contributed by atoms with Gasteiger partial charge in [0.1, 0.15) is 11.5 Å². The molecule has 2 heterocycles. The Morgan fingerprint density at radius 3 is 2.52 bits per heavy atom. The second kappa shape index (κ2) is 13.0. The smallest absolute Gasteiger partial charge is 0.191 e. The molecule has 0 aliphatic heterocycles. The molecule has 0 fully saturated rings. The predicted octanol–water partition coefficient (Wildman–Crippen LogP) is 3.72. The number of methoxy groups -OCH3 is 1. The number of aryl methyl sites for hydroxylation is 2. The number of furan rings is 1. The van der Waals surface area contributed by atoms with Gasteiger partial charge in [-0.2, -0.15) is 5.10 Å². The van der Waals surface area contributed by atoms with Gasteiger partial charge in [0.05, 0.1) is 25.6 Å². The molecule has 168 valence electrons. The van der Waals surface area contributed by atoms with E-state index < -0.39 is 0 Å². The topological polar surface area (TPSA) is 76.6 Å². The third-order valence-corrected chi connectivity index (χ3v) is 4.84. The van der Waals surface area contributed by atoms with Crippen LogP contribution >= 0.6 is 24.0 Å². The highest BCUT2D eigenvalue weighted by molar-refractivity contribution is 14.0. The third kappa shape index (κ3) is 7.93. The number of aromatic nitrogens is 2. The summed E-state index contributed by atoms with van der Waals surface area (Å²) in [6.07, 6.45) is 6.35. The fourth-order valence-corrected chi connectivity index (χ4v) is 3.23. The second-order valence-electron chi connectivity index (χ2n) is 7.07. The van der Waals surface area contributed by atoms with Crippen LogP contribution < -0.4 is 15.4 Å². The van der Waals surface area contributed by atoms with Gasteiger partial charge in [-0.05, 0) is 42.7 Å². The molecule has 0 aliphatic rings. The second-order valence-corrected chi connectivity index (χ2v) is 7.07. The summed E-state index contributed by atoms with van der Waals surface area (Å²) >= 11 is 0. The largest absolute Gasteiger partial charge is 0.497 e. The van der Waals surface area contributed by atoms with Crippen LogP contribution in [-0.2, 0) is 32.9 Å². The Hall–Kier alpha value is -2.49. The lowest BCUT2D eigenvalue weighted by molar-refractivity contribution is 0.414. The van der Waals surface area contributed by atoms with E-state index >= 15 is 0 Å². The molecular formula is C23H32IN5O2. The molecule has 2 N–H and O–H groups in total. The van der Waals surface area contributed by atoms with Crippen molar-refractivity contribution in [1.82, 2.24) is 20.4 Å². The van der Waals surface area contributed by atoms with Crippen molar-refractivity contribution >= 4 is 29.9 Å². The molecule has 0 spiro atoms. The van der Waals surface area contributed by atoms with E-state index in [9.17, 15) is 0 Å². The molecule has 0 saturated heterocycles. The fourth-order valence-electron chi connectivity index (χ4n) is 3.23. The summed E-state index contributed by atoms with van der Waals surface area (Å²) in [7, 11) is 3.63. The highest BCUT2D eigenvalue weighted by atomic mass is 127. The summed E-state index contributed by atoms with van der Waals surface area (Å²) in [5, 5.41) is 11.4. The molecule has 3 aromatic rings. The first-order chi connectivity index (χ1) is 14.7. The van der Waals surface area contributed by atoms with Gasteiger partial charge in [0.15, 0.2) is 5.96 Å². The molecule has 3 rings (SSSR count). The molecule has 0 bridgehead atoms. The van der Waals surface area contributed by atoms with Crippen molar-refractivity contribution in [3.05, 3.63) is 71.4 Å². The van der Waals surface area contributed by atoms with Crippen LogP contribution in [0.2, 0.25) is 0 Å². The van der Waals surface area contributed by atoms with E-state index in [-0.39, 0.29) is 24.0 Å². The lowest BCUT2D eigenvalue weighted by Gasteiger charge is -2.12. The molecule has 8 heteroatoms. The first-order valence-electron chi connectivity index (χ1n) is 10.4. The van der Waals surface area contributed by atoms with Gasteiger partial charge in [0.25, 0.3) is 0 Å². The molecule has 0 amide bonds. The number of ether oxygens (including phenoxy) is 1. The summed E-state index contributed by atoms with van der Waals surface area (Å²) in [4.78, 5) is 4.78. The fraction of sp³-hybridized carbons (Fsp3) is 0.391. The van der Waals surface area contributed by atoms with Crippen LogP contribution in [0.25, 0.3) is 0 Å². The Morgan fingerprint density at radius 2 is 1.87 bits per heavy atom.